The number of carbonyl (C=O) groups excluding carboxylic acids is 2. The molecule has 1 heterocycles. The van der Waals surface area contributed by atoms with Crippen molar-refractivity contribution in [1.82, 2.24) is 15.5 Å². The zero-order chi connectivity index (χ0) is 15.1. The molecule has 0 saturated carbocycles. The maximum Gasteiger partial charge on any atom is 0.318 e. The second-order valence-corrected chi connectivity index (χ2v) is 5.10. The molecule has 0 radical (unpaired) electrons. The molecule has 2 atom stereocenters. The summed E-state index contributed by atoms with van der Waals surface area (Å²) in [6, 6.07) is -0.831. The number of likely N-dealkylation sites (tertiary alicyclic amines) is 1. The monoisotopic (exact) mass is 285 g/mol. The minimum absolute atomic E-state index is 0.134. The quantitative estimate of drug-likeness (QED) is 0.658. The van der Waals surface area contributed by atoms with Crippen LogP contribution in [0, 0.1) is 5.92 Å². The van der Waals surface area contributed by atoms with Crippen LogP contribution in [0.2, 0.25) is 0 Å². The molecule has 1 rings (SSSR count). The molecule has 1 saturated heterocycles. The zero-order valence-electron chi connectivity index (χ0n) is 12.0. The Morgan fingerprint density at radius 3 is 2.70 bits per heavy atom. The van der Waals surface area contributed by atoms with E-state index >= 15 is 0 Å². The topological polar surface area (TPSA) is 98.7 Å². The Bertz CT molecular complexity index is 373. The summed E-state index contributed by atoms with van der Waals surface area (Å²) in [5.41, 5.74) is 0. The molecule has 0 bridgehead atoms. The van der Waals surface area contributed by atoms with E-state index in [1.165, 1.54) is 0 Å². The molecule has 0 aromatic rings. The van der Waals surface area contributed by atoms with Crippen molar-refractivity contribution < 1.29 is 19.5 Å². The molecule has 0 aliphatic carbocycles. The van der Waals surface area contributed by atoms with Crippen molar-refractivity contribution >= 4 is 17.9 Å². The van der Waals surface area contributed by atoms with Crippen molar-refractivity contribution in [1.29, 1.82) is 0 Å². The van der Waals surface area contributed by atoms with E-state index in [9.17, 15) is 14.4 Å². The van der Waals surface area contributed by atoms with Gasteiger partial charge < -0.3 is 20.6 Å². The van der Waals surface area contributed by atoms with E-state index in [0.717, 1.165) is 6.42 Å². The summed E-state index contributed by atoms with van der Waals surface area (Å²) in [6.45, 7) is 5.15. The Morgan fingerprint density at radius 1 is 1.40 bits per heavy atom. The van der Waals surface area contributed by atoms with E-state index in [2.05, 4.69) is 10.6 Å². The Hall–Kier alpha value is -1.79. The van der Waals surface area contributed by atoms with Crippen molar-refractivity contribution in [2.45, 2.75) is 39.2 Å². The molecule has 0 spiro atoms. The number of likely N-dealkylation sites (N-methyl/N-ethyl adjacent to an activating group) is 1. The third-order valence-electron chi connectivity index (χ3n) is 3.42. The molecular weight excluding hydrogens is 262 g/mol. The molecule has 7 heteroatoms. The van der Waals surface area contributed by atoms with E-state index in [-0.39, 0.29) is 24.3 Å². The first-order valence-corrected chi connectivity index (χ1v) is 6.99. The average Bonchev–Trinajstić information content (AvgIpc) is 2.85. The van der Waals surface area contributed by atoms with Gasteiger partial charge in [-0.25, -0.2) is 4.79 Å². The van der Waals surface area contributed by atoms with E-state index < -0.39 is 12.0 Å². The summed E-state index contributed by atoms with van der Waals surface area (Å²) >= 11 is 0. The molecule has 2 unspecified atom stereocenters. The van der Waals surface area contributed by atoms with Gasteiger partial charge in [0.1, 0.15) is 6.04 Å². The molecule has 1 aliphatic rings. The zero-order valence-corrected chi connectivity index (χ0v) is 12.0. The summed E-state index contributed by atoms with van der Waals surface area (Å²) in [5.74, 6) is -0.781. The van der Waals surface area contributed by atoms with Gasteiger partial charge in [0.05, 0.1) is 0 Å². The van der Waals surface area contributed by atoms with Gasteiger partial charge in [-0.15, -0.1) is 0 Å². The van der Waals surface area contributed by atoms with Gasteiger partial charge in [-0.2, -0.15) is 0 Å². The molecule has 0 aromatic heterocycles. The number of carboxylic acids is 1. The van der Waals surface area contributed by atoms with Crippen LogP contribution < -0.4 is 10.6 Å². The van der Waals surface area contributed by atoms with E-state index in [4.69, 9.17) is 5.11 Å². The Kier molecular flexibility index (Phi) is 6.27. The van der Waals surface area contributed by atoms with Gasteiger partial charge in [0.2, 0.25) is 5.91 Å². The van der Waals surface area contributed by atoms with E-state index in [1.54, 1.807) is 11.8 Å². The fourth-order valence-corrected chi connectivity index (χ4v) is 2.25. The average molecular weight is 285 g/mol. The summed E-state index contributed by atoms with van der Waals surface area (Å²) in [4.78, 5) is 35.6. The molecule has 114 valence electrons. The highest BCUT2D eigenvalue weighted by atomic mass is 16.4. The summed E-state index contributed by atoms with van der Waals surface area (Å²) in [6.07, 6.45) is 1.54. The third kappa shape index (κ3) is 5.07. The smallest absolute Gasteiger partial charge is 0.318 e. The molecule has 20 heavy (non-hydrogen) atoms. The minimum Gasteiger partial charge on any atom is -0.481 e. The highest BCUT2D eigenvalue weighted by Gasteiger charge is 2.27. The molecule has 3 N–H and O–H groups in total. The van der Waals surface area contributed by atoms with Crippen molar-refractivity contribution in [2.75, 3.05) is 19.6 Å². The number of nitrogens with zero attached hydrogens (tertiary/aromatic N) is 1. The first kappa shape index (κ1) is 16.3. The number of carbonyl (C=O) groups is 3. The molecule has 3 amide bonds. The number of nitrogens with one attached hydrogen (secondary N) is 2. The van der Waals surface area contributed by atoms with Crippen molar-refractivity contribution in [2.24, 2.45) is 5.92 Å². The van der Waals surface area contributed by atoms with Crippen LogP contribution in [0.25, 0.3) is 0 Å². The van der Waals surface area contributed by atoms with Crippen LogP contribution >= 0.6 is 0 Å². The number of rotatable bonds is 6. The minimum atomic E-state index is -0.808. The van der Waals surface area contributed by atoms with Crippen LogP contribution in [-0.4, -0.2) is 53.6 Å². The lowest BCUT2D eigenvalue weighted by Gasteiger charge is -2.20. The maximum absolute atomic E-state index is 12.0. The first-order valence-electron chi connectivity index (χ1n) is 6.99. The number of aliphatic carboxylic acids is 1. The molecule has 1 fully saturated rings. The number of amides is 3. The van der Waals surface area contributed by atoms with Crippen LogP contribution in [0.3, 0.4) is 0 Å². The Labute approximate surface area is 118 Å². The van der Waals surface area contributed by atoms with Gasteiger partial charge in [0, 0.05) is 26.1 Å². The summed E-state index contributed by atoms with van der Waals surface area (Å²) in [5, 5.41) is 13.9. The van der Waals surface area contributed by atoms with Crippen LogP contribution in [0.5, 0.6) is 0 Å². The Morgan fingerprint density at radius 2 is 2.10 bits per heavy atom. The third-order valence-corrected chi connectivity index (χ3v) is 3.42. The standard InChI is InChI=1S/C13H23N3O4/c1-3-14-12(19)9(2)15-13(20)16-7-6-10(8-16)4-5-11(17)18/h9-10H,3-8H2,1-2H3,(H,14,19)(H,15,20)(H,17,18). The van der Waals surface area contributed by atoms with Crippen molar-refractivity contribution in [3.8, 4) is 0 Å². The van der Waals surface area contributed by atoms with Gasteiger partial charge in [-0.3, -0.25) is 9.59 Å². The van der Waals surface area contributed by atoms with Gasteiger partial charge >= 0.3 is 12.0 Å². The van der Waals surface area contributed by atoms with E-state index in [1.807, 2.05) is 6.92 Å². The fraction of sp³-hybridized carbons (Fsp3) is 0.769. The molecule has 0 aromatic carbocycles. The lowest BCUT2D eigenvalue weighted by Crippen LogP contribution is -2.49. The van der Waals surface area contributed by atoms with Crippen molar-refractivity contribution in [3.63, 3.8) is 0 Å². The van der Waals surface area contributed by atoms with Gasteiger partial charge in [-0.05, 0) is 32.6 Å². The largest absolute Gasteiger partial charge is 0.481 e. The van der Waals surface area contributed by atoms with Crippen LogP contribution in [-0.2, 0) is 9.59 Å². The highest BCUT2D eigenvalue weighted by molar-refractivity contribution is 5.86. The number of urea groups is 1. The lowest BCUT2D eigenvalue weighted by atomic mass is 10.0. The Balaban J connectivity index is 2.34. The predicted octanol–water partition coefficient (Wildman–Crippen LogP) is 0.407. The van der Waals surface area contributed by atoms with Gasteiger partial charge in [0.15, 0.2) is 0 Å². The normalized spacial score (nSPS) is 19.5. The molecule has 1 aliphatic heterocycles. The molecular formula is C13H23N3O4. The van der Waals surface area contributed by atoms with Gasteiger partial charge in [0.25, 0.3) is 0 Å². The van der Waals surface area contributed by atoms with Gasteiger partial charge in [-0.1, -0.05) is 0 Å². The number of carboxylic acid groups (broad SMARTS) is 1. The number of hydrogen-bond donors (Lipinski definition) is 3. The van der Waals surface area contributed by atoms with E-state index in [0.29, 0.717) is 26.1 Å². The van der Waals surface area contributed by atoms with Crippen LogP contribution in [0.4, 0.5) is 4.79 Å². The van der Waals surface area contributed by atoms with Crippen LogP contribution in [0.1, 0.15) is 33.1 Å². The SMILES string of the molecule is CCNC(=O)C(C)NC(=O)N1CCC(CCC(=O)O)C1. The number of hydrogen-bond acceptors (Lipinski definition) is 3. The summed E-state index contributed by atoms with van der Waals surface area (Å²) < 4.78 is 0. The van der Waals surface area contributed by atoms with Crippen molar-refractivity contribution in [3.05, 3.63) is 0 Å². The second-order valence-electron chi connectivity index (χ2n) is 5.10. The maximum atomic E-state index is 12.0. The first-order chi connectivity index (χ1) is 9.43. The summed E-state index contributed by atoms with van der Waals surface area (Å²) in [7, 11) is 0. The lowest BCUT2D eigenvalue weighted by molar-refractivity contribution is -0.137. The van der Waals surface area contributed by atoms with Crippen LogP contribution in [0.15, 0.2) is 0 Å². The predicted molar refractivity (Wildman–Crippen MR) is 73.2 cm³/mol. The second kappa shape index (κ2) is 7.72. The highest BCUT2D eigenvalue weighted by Crippen LogP contribution is 2.20. The fourth-order valence-electron chi connectivity index (χ4n) is 2.25. The molecule has 7 nitrogen and oxygen atoms in total.